The van der Waals surface area contributed by atoms with E-state index in [1.165, 1.54) is 43.9 Å². The van der Waals surface area contributed by atoms with E-state index < -0.39 is 0 Å². The monoisotopic (exact) mass is 257 g/mol. The minimum atomic E-state index is 0.662. The van der Waals surface area contributed by atoms with Gasteiger partial charge < -0.3 is 0 Å². The van der Waals surface area contributed by atoms with Gasteiger partial charge in [-0.1, -0.05) is 11.6 Å². The normalized spacial score (nSPS) is 27.2. The van der Waals surface area contributed by atoms with Crippen LogP contribution in [0.3, 0.4) is 0 Å². The fourth-order valence-electron chi connectivity index (χ4n) is 2.78. The van der Waals surface area contributed by atoms with Crippen molar-refractivity contribution in [3.8, 4) is 0 Å². The molecule has 2 aliphatic heterocycles. The molecule has 3 heterocycles. The van der Waals surface area contributed by atoms with Crippen LogP contribution in [-0.4, -0.2) is 47.0 Å². The predicted molar refractivity (Wildman–Crippen MR) is 67.0 cm³/mol. The first-order valence-electron chi connectivity index (χ1n) is 5.88. The SMILES string of the molecule is Clc1ncc(CN2CCN3CCCC3C2)s1. The number of piperazine rings is 1. The van der Waals surface area contributed by atoms with Crippen molar-refractivity contribution in [1.82, 2.24) is 14.8 Å². The second kappa shape index (κ2) is 4.61. The predicted octanol–water partition coefficient (Wildman–Crippen LogP) is 2.08. The van der Waals surface area contributed by atoms with Gasteiger partial charge in [0.1, 0.15) is 0 Å². The van der Waals surface area contributed by atoms with Gasteiger partial charge in [0.15, 0.2) is 4.47 Å². The third-order valence-electron chi connectivity index (χ3n) is 3.58. The number of hydrogen-bond donors (Lipinski definition) is 0. The highest BCUT2D eigenvalue weighted by atomic mass is 35.5. The Kier molecular flexibility index (Phi) is 3.16. The summed E-state index contributed by atoms with van der Waals surface area (Å²) in [6.45, 7) is 5.97. The Hall–Kier alpha value is -0.160. The minimum absolute atomic E-state index is 0.662. The molecule has 0 saturated carbocycles. The first kappa shape index (κ1) is 11.0. The standard InChI is InChI=1S/C11H16ClN3S/c12-11-13-6-10(16-11)8-14-4-5-15-3-1-2-9(15)7-14/h6,9H,1-5,7-8H2. The Morgan fingerprint density at radius 1 is 1.44 bits per heavy atom. The van der Waals surface area contributed by atoms with E-state index in [4.69, 9.17) is 11.6 Å². The van der Waals surface area contributed by atoms with Gasteiger partial charge in [-0.15, -0.1) is 11.3 Å². The molecule has 0 N–H and O–H groups in total. The molecule has 1 unspecified atom stereocenters. The van der Waals surface area contributed by atoms with Gasteiger partial charge in [0.2, 0.25) is 0 Å². The smallest absolute Gasteiger partial charge is 0.183 e. The number of halogens is 1. The van der Waals surface area contributed by atoms with Gasteiger partial charge in [0, 0.05) is 43.3 Å². The molecule has 3 rings (SSSR count). The zero-order valence-corrected chi connectivity index (χ0v) is 10.8. The fraction of sp³-hybridized carbons (Fsp3) is 0.727. The van der Waals surface area contributed by atoms with Crippen LogP contribution in [0.5, 0.6) is 0 Å². The Bertz CT molecular complexity index is 368. The zero-order chi connectivity index (χ0) is 11.0. The van der Waals surface area contributed by atoms with Gasteiger partial charge in [0.05, 0.1) is 0 Å². The van der Waals surface area contributed by atoms with Gasteiger partial charge in [-0.3, -0.25) is 9.80 Å². The average Bonchev–Trinajstić information content (AvgIpc) is 2.87. The van der Waals surface area contributed by atoms with Crippen molar-refractivity contribution < 1.29 is 0 Å². The number of hydrogen-bond acceptors (Lipinski definition) is 4. The van der Waals surface area contributed by atoms with Crippen molar-refractivity contribution in [2.75, 3.05) is 26.2 Å². The van der Waals surface area contributed by atoms with Crippen molar-refractivity contribution in [2.24, 2.45) is 0 Å². The molecule has 5 heteroatoms. The summed E-state index contributed by atoms with van der Waals surface area (Å²) in [5, 5.41) is 0. The molecule has 2 aliphatic rings. The molecule has 2 fully saturated rings. The van der Waals surface area contributed by atoms with E-state index in [1.54, 1.807) is 11.3 Å². The van der Waals surface area contributed by atoms with Crippen LogP contribution in [0.2, 0.25) is 4.47 Å². The van der Waals surface area contributed by atoms with E-state index in [9.17, 15) is 0 Å². The summed E-state index contributed by atoms with van der Waals surface area (Å²) >= 11 is 7.45. The maximum absolute atomic E-state index is 5.85. The molecular weight excluding hydrogens is 242 g/mol. The lowest BCUT2D eigenvalue weighted by atomic mass is 10.1. The van der Waals surface area contributed by atoms with Crippen LogP contribution < -0.4 is 0 Å². The highest BCUT2D eigenvalue weighted by molar-refractivity contribution is 7.15. The number of thiazole rings is 1. The van der Waals surface area contributed by atoms with E-state index in [0.717, 1.165) is 12.6 Å². The molecule has 1 aromatic heterocycles. The minimum Gasteiger partial charge on any atom is -0.298 e. The highest BCUT2D eigenvalue weighted by Crippen LogP contribution is 2.24. The van der Waals surface area contributed by atoms with E-state index in [2.05, 4.69) is 14.8 Å². The first-order valence-corrected chi connectivity index (χ1v) is 7.07. The summed E-state index contributed by atoms with van der Waals surface area (Å²) in [7, 11) is 0. The van der Waals surface area contributed by atoms with Crippen LogP contribution in [0.15, 0.2) is 6.20 Å². The molecule has 0 aliphatic carbocycles. The molecule has 0 amide bonds. The van der Waals surface area contributed by atoms with Crippen molar-refractivity contribution in [2.45, 2.75) is 25.4 Å². The van der Waals surface area contributed by atoms with Crippen molar-refractivity contribution in [3.63, 3.8) is 0 Å². The van der Waals surface area contributed by atoms with E-state index >= 15 is 0 Å². The molecular formula is C11H16ClN3S. The summed E-state index contributed by atoms with van der Waals surface area (Å²) in [6, 6.07) is 0.803. The van der Waals surface area contributed by atoms with E-state index in [0.29, 0.717) is 4.47 Å². The summed E-state index contributed by atoms with van der Waals surface area (Å²) < 4.78 is 0.662. The van der Waals surface area contributed by atoms with Crippen LogP contribution >= 0.6 is 22.9 Å². The molecule has 1 atom stereocenters. The van der Waals surface area contributed by atoms with Crippen LogP contribution in [0.25, 0.3) is 0 Å². The summed E-state index contributed by atoms with van der Waals surface area (Å²) in [4.78, 5) is 10.6. The Balaban J connectivity index is 1.60. The zero-order valence-electron chi connectivity index (χ0n) is 9.23. The maximum Gasteiger partial charge on any atom is 0.183 e. The van der Waals surface area contributed by atoms with Gasteiger partial charge in [-0.25, -0.2) is 4.98 Å². The van der Waals surface area contributed by atoms with Gasteiger partial charge >= 0.3 is 0 Å². The molecule has 16 heavy (non-hydrogen) atoms. The second-order valence-electron chi connectivity index (χ2n) is 4.65. The topological polar surface area (TPSA) is 19.4 Å². The molecule has 88 valence electrons. The van der Waals surface area contributed by atoms with Crippen LogP contribution in [-0.2, 0) is 6.54 Å². The van der Waals surface area contributed by atoms with E-state index in [1.807, 2.05) is 6.20 Å². The fourth-order valence-corrected chi connectivity index (χ4v) is 3.80. The van der Waals surface area contributed by atoms with Crippen molar-refractivity contribution in [3.05, 3.63) is 15.5 Å². The lowest BCUT2D eigenvalue weighted by Gasteiger charge is -2.37. The summed E-state index contributed by atoms with van der Waals surface area (Å²) in [5.74, 6) is 0. The number of aromatic nitrogens is 1. The third kappa shape index (κ3) is 2.25. The Labute approximate surface area is 105 Å². The Morgan fingerprint density at radius 3 is 3.19 bits per heavy atom. The largest absolute Gasteiger partial charge is 0.298 e. The van der Waals surface area contributed by atoms with Gasteiger partial charge in [-0.2, -0.15) is 0 Å². The highest BCUT2D eigenvalue weighted by Gasteiger charge is 2.30. The first-order chi connectivity index (χ1) is 7.81. The second-order valence-corrected chi connectivity index (χ2v) is 6.34. The van der Waals surface area contributed by atoms with Gasteiger partial charge in [0.25, 0.3) is 0 Å². The number of rotatable bonds is 2. The van der Waals surface area contributed by atoms with Crippen LogP contribution in [0, 0.1) is 0 Å². The third-order valence-corrected chi connectivity index (χ3v) is 4.68. The Morgan fingerprint density at radius 2 is 2.38 bits per heavy atom. The summed E-state index contributed by atoms with van der Waals surface area (Å²) in [6.07, 6.45) is 4.67. The molecule has 2 saturated heterocycles. The van der Waals surface area contributed by atoms with E-state index in [-0.39, 0.29) is 0 Å². The molecule has 0 aromatic carbocycles. The van der Waals surface area contributed by atoms with Crippen molar-refractivity contribution >= 4 is 22.9 Å². The quantitative estimate of drug-likeness (QED) is 0.809. The van der Waals surface area contributed by atoms with Crippen LogP contribution in [0.4, 0.5) is 0 Å². The van der Waals surface area contributed by atoms with Gasteiger partial charge in [-0.05, 0) is 19.4 Å². The molecule has 0 spiro atoms. The molecule has 3 nitrogen and oxygen atoms in total. The molecule has 1 aromatic rings. The number of nitrogens with zero attached hydrogens (tertiary/aromatic N) is 3. The molecule has 0 bridgehead atoms. The van der Waals surface area contributed by atoms with Crippen molar-refractivity contribution in [1.29, 1.82) is 0 Å². The maximum atomic E-state index is 5.85. The van der Waals surface area contributed by atoms with Crippen LogP contribution in [0.1, 0.15) is 17.7 Å². The lowest BCUT2D eigenvalue weighted by Crippen LogP contribution is -2.49. The summed E-state index contributed by atoms with van der Waals surface area (Å²) in [5.41, 5.74) is 0. The average molecular weight is 258 g/mol. The molecule has 0 radical (unpaired) electrons. The lowest BCUT2D eigenvalue weighted by molar-refractivity contribution is 0.100. The number of fused-ring (bicyclic) bond motifs is 1.